The number of nitrogens with zero attached hydrogens (tertiary/aromatic N) is 4. The van der Waals surface area contributed by atoms with Crippen LogP contribution in [-0.4, -0.2) is 45.2 Å². The van der Waals surface area contributed by atoms with E-state index in [1.807, 2.05) is 19.9 Å². The van der Waals surface area contributed by atoms with E-state index in [0.29, 0.717) is 22.9 Å². The van der Waals surface area contributed by atoms with Crippen molar-refractivity contribution < 1.29 is 18.7 Å². The Labute approximate surface area is 237 Å². The first kappa shape index (κ1) is 27.8. The molecule has 2 aromatic carbocycles. The monoisotopic (exact) mass is 557 g/mol. The Morgan fingerprint density at radius 2 is 1.76 bits per heavy atom. The highest BCUT2D eigenvalue weighted by molar-refractivity contribution is 6.02. The van der Waals surface area contributed by atoms with Crippen LogP contribution in [-0.2, 0) is 17.8 Å². The topological polar surface area (TPSA) is 113 Å². The lowest BCUT2D eigenvalue weighted by Gasteiger charge is -2.25. The van der Waals surface area contributed by atoms with Gasteiger partial charge in [-0.05, 0) is 62.7 Å². The van der Waals surface area contributed by atoms with E-state index in [0.717, 1.165) is 25.1 Å². The Balaban J connectivity index is 1.30. The molecule has 0 bridgehead atoms. The average molecular weight is 558 g/mol. The molecule has 1 aliphatic heterocycles. The summed E-state index contributed by atoms with van der Waals surface area (Å²) in [5.41, 5.74) is 4.64. The molecule has 0 unspecified atom stereocenters. The molecular formula is C30H32FN7O3. The molecule has 41 heavy (non-hydrogen) atoms. The summed E-state index contributed by atoms with van der Waals surface area (Å²) in [7, 11) is 2.11. The van der Waals surface area contributed by atoms with Crippen molar-refractivity contribution in [3.05, 3.63) is 77.9 Å². The minimum atomic E-state index is -0.674. The zero-order chi connectivity index (χ0) is 29.1. The van der Waals surface area contributed by atoms with Crippen molar-refractivity contribution >= 4 is 29.1 Å². The first-order valence-electron chi connectivity index (χ1n) is 13.3. The summed E-state index contributed by atoms with van der Waals surface area (Å²) in [6, 6.07) is 13.0. The number of nitrogens with one attached hydrogen (secondary N) is 3. The number of hydrogen-bond donors (Lipinski definition) is 3. The van der Waals surface area contributed by atoms with Gasteiger partial charge in [-0.1, -0.05) is 12.1 Å². The molecule has 0 atom stereocenters. The second-order valence-corrected chi connectivity index (χ2v) is 10.3. The number of pyridine rings is 1. The van der Waals surface area contributed by atoms with Crippen molar-refractivity contribution in [1.82, 2.24) is 19.7 Å². The van der Waals surface area contributed by atoms with Gasteiger partial charge in [0.15, 0.2) is 0 Å². The number of likely N-dealkylation sites (N-methyl/N-ethyl adjacent to an activating group) is 1. The number of hydrogen-bond acceptors (Lipinski definition) is 6. The SMILES string of the molecule is CC(=O)Nc1cc(Oc2ccc(NC(=O)Nc3cn(C(C)C)nc3-c3ccc4c(c3)CCN(C)C4)c(F)c2)ccn1. The first-order valence-corrected chi connectivity index (χ1v) is 13.3. The highest BCUT2D eigenvalue weighted by Gasteiger charge is 2.19. The number of ether oxygens (including phenoxy) is 1. The van der Waals surface area contributed by atoms with E-state index >= 15 is 0 Å². The van der Waals surface area contributed by atoms with E-state index in [-0.39, 0.29) is 23.4 Å². The third-order valence-corrected chi connectivity index (χ3v) is 6.65. The zero-order valence-corrected chi connectivity index (χ0v) is 23.4. The fourth-order valence-electron chi connectivity index (χ4n) is 4.60. The van der Waals surface area contributed by atoms with Crippen molar-refractivity contribution in [2.24, 2.45) is 0 Å². The Morgan fingerprint density at radius 3 is 2.51 bits per heavy atom. The van der Waals surface area contributed by atoms with Gasteiger partial charge in [-0.2, -0.15) is 5.10 Å². The lowest BCUT2D eigenvalue weighted by Crippen LogP contribution is -2.26. The Kier molecular flexibility index (Phi) is 7.97. The molecule has 0 spiro atoms. The molecule has 0 aliphatic carbocycles. The number of benzene rings is 2. The molecule has 2 aromatic heterocycles. The number of halogens is 1. The van der Waals surface area contributed by atoms with Gasteiger partial charge in [0.1, 0.15) is 28.8 Å². The molecule has 1 aliphatic rings. The maximum absolute atomic E-state index is 14.9. The highest BCUT2D eigenvalue weighted by Crippen LogP contribution is 2.32. The van der Waals surface area contributed by atoms with E-state index in [1.54, 1.807) is 16.9 Å². The molecule has 0 saturated carbocycles. The molecule has 212 valence electrons. The lowest BCUT2D eigenvalue weighted by molar-refractivity contribution is -0.114. The van der Waals surface area contributed by atoms with Gasteiger partial charge in [0.25, 0.3) is 0 Å². The number of rotatable bonds is 7. The molecule has 0 fully saturated rings. The molecule has 3 N–H and O–H groups in total. The molecule has 11 heteroatoms. The van der Waals surface area contributed by atoms with Crippen LogP contribution in [0.4, 0.5) is 26.4 Å². The van der Waals surface area contributed by atoms with Gasteiger partial charge in [0.05, 0.1) is 11.4 Å². The van der Waals surface area contributed by atoms with E-state index in [9.17, 15) is 14.0 Å². The van der Waals surface area contributed by atoms with E-state index < -0.39 is 11.8 Å². The minimum absolute atomic E-state index is 0.0146. The van der Waals surface area contributed by atoms with Crippen LogP contribution >= 0.6 is 0 Å². The van der Waals surface area contributed by atoms with Gasteiger partial charge in [0, 0.05) is 56.1 Å². The quantitative estimate of drug-likeness (QED) is 0.255. The average Bonchev–Trinajstić information content (AvgIpc) is 3.34. The predicted octanol–water partition coefficient (Wildman–Crippen LogP) is 6.05. The van der Waals surface area contributed by atoms with Crippen LogP contribution in [0.25, 0.3) is 11.3 Å². The number of anilines is 3. The third kappa shape index (κ3) is 6.69. The predicted molar refractivity (Wildman–Crippen MR) is 156 cm³/mol. The number of fused-ring (bicyclic) bond motifs is 1. The Hall–Kier alpha value is -4.77. The molecule has 0 saturated heterocycles. The van der Waals surface area contributed by atoms with E-state index in [4.69, 9.17) is 9.84 Å². The van der Waals surface area contributed by atoms with Gasteiger partial charge < -0.3 is 25.6 Å². The van der Waals surface area contributed by atoms with Crippen molar-refractivity contribution in [1.29, 1.82) is 0 Å². The molecule has 3 heterocycles. The first-order chi connectivity index (χ1) is 19.6. The minimum Gasteiger partial charge on any atom is -0.457 e. The number of aromatic nitrogens is 3. The number of amides is 3. The third-order valence-electron chi connectivity index (χ3n) is 6.65. The van der Waals surface area contributed by atoms with Gasteiger partial charge >= 0.3 is 6.03 Å². The van der Waals surface area contributed by atoms with Crippen molar-refractivity contribution in [3.8, 4) is 22.8 Å². The van der Waals surface area contributed by atoms with Gasteiger partial charge in [-0.25, -0.2) is 14.2 Å². The summed E-state index contributed by atoms with van der Waals surface area (Å²) in [4.78, 5) is 30.5. The van der Waals surface area contributed by atoms with Crippen LogP contribution in [0, 0.1) is 5.82 Å². The van der Waals surface area contributed by atoms with Gasteiger partial charge in [-0.15, -0.1) is 0 Å². The second-order valence-electron chi connectivity index (χ2n) is 10.3. The van der Waals surface area contributed by atoms with Crippen LogP contribution < -0.4 is 20.7 Å². The maximum Gasteiger partial charge on any atom is 0.323 e. The number of carbonyl (C=O) groups excluding carboxylic acids is 2. The number of carbonyl (C=O) groups is 2. The Bertz CT molecular complexity index is 1600. The highest BCUT2D eigenvalue weighted by atomic mass is 19.1. The summed E-state index contributed by atoms with van der Waals surface area (Å²) in [5.74, 6) is -0.0491. The Morgan fingerprint density at radius 1 is 0.976 bits per heavy atom. The molecular weight excluding hydrogens is 525 g/mol. The smallest absolute Gasteiger partial charge is 0.323 e. The number of urea groups is 1. The maximum atomic E-state index is 14.9. The van der Waals surface area contributed by atoms with Crippen LogP contribution in [0.2, 0.25) is 0 Å². The van der Waals surface area contributed by atoms with Crippen molar-refractivity contribution in [2.45, 2.75) is 39.8 Å². The van der Waals surface area contributed by atoms with Gasteiger partial charge in [0.2, 0.25) is 5.91 Å². The molecule has 4 aromatic rings. The van der Waals surface area contributed by atoms with Crippen LogP contribution in [0.1, 0.15) is 37.9 Å². The van der Waals surface area contributed by atoms with Crippen molar-refractivity contribution in [2.75, 3.05) is 29.5 Å². The molecule has 3 amide bonds. The van der Waals surface area contributed by atoms with Crippen LogP contribution in [0.3, 0.4) is 0 Å². The van der Waals surface area contributed by atoms with Crippen LogP contribution in [0.5, 0.6) is 11.5 Å². The summed E-state index contributed by atoms with van der Waals surface area (Å²) in [6.07, 6.45) is 4.20. The summed E-state index contributed by atoms with van der Waals surface area (Å²) < 4.78 is 22.4. The fraction of sp³-hybridized carbons (Fsp3) is 0.267. The normalized spacial score (nSPS) is 13.0. The second kappa shape index (κ2) is 11.8. The fourth-order valence-corrected chi connectivity index (χ4v) is 4.60. The lowest BCUT2D eigenvalue weighted by atomic mass is 9.96. The summed E-state index contributed by atoms with van der Waals surface area (Å²) in [6.45, 7) is 7.28. The molecule has 10 nitrogen and oxygen atoms in total. The molecule has 0 radical (unpaired) electrons. The molecule has 5 rings (SSSR count). The van der Waals surface area contributed by atoms with E-state index in [1.165, 1.54) is 48.5 Å². The van der Waals surface area contributed by atoms with Gasteiger partial charge in [-0.3, -0.25) is 9.48 Å². The summed E-state index contributed by atoms with van der Waals surface area (Å²) >= 11 is 0. The van der Waals surface area contributed by atoms with Crippen LogP contribution in [0.15, 0.2) is 60.9 Å². The van der Waals surface area contributed by atoms with E-state index in [2.05, 4.69) is 45.0 Å². The largest absolute Gasteiger partial charge is 0.457 e. The summed E-state index contributed by atoms with van der Waals surface area (Å²) in [5, 5.41) is 12.7. The van der Waals surface area contributed by atoms with Crippen molar-refractivity contribution in [3.63, 3.8) is 0 Å². The standard InChI is InChI=1S/C30H32FN7O3/c1-18(2)38-17-27(29(36-38)21-5-6-22-16-37(4)12-10-20(22)13-21)35-30(40)34-26-8-7-23(14-25(26)31)41-24-9-11-32-28(15-24)33-19(3)39/h5-9,11,13-15,17-18H,10,12,16H2,1-4H3,(H,32,33,39)(H2,34,35,40). The zero-order valence-electron chi connectivity index (χ0n) is 23.4.